The minimum Gasteiger partial charge on any atom is -0.359 e. The Balaban J connectivity index is 2.41. The maximum atomic E-state index is 12.0. The number of H-pyrrole nitrogens is 1. The first-order chi connectivity index (χ1) is 7.22. The van der Waals surface area contributed by atoms with E-state index >= 15 is 0 Å². The van der Waals surface area contributed by atoms with Gasteiger partial charge in [-0.2, -0.15) is 5.10 Å². The van der Waals surface area contributed by atoms with Crippen LogP contribution in [0.3, 0.4) is 0 Å². The number of aromatic nitrogens is 3. The van der Waals surface area contributed by atoms with Crippen molar-refractivity contribution in [3.05, 3.63) is 41.5 Å². The first kappa shape index (κ1) is 9.71. The third-order valence-electron chi connectivity index (χ3n) is 2.33. The SMILES string of the molecule is CCc1nn(C)cc1C(=O)c1ccc[nH]1. The fraction of sp³-hybridized carbons (Fsp3) is 0.273. The highest BCUT2D eigenvalue weighted by Crippen LogP contribution is 2.12. The average Bonchev–Trinajstić information content (AvgIpc) is 2.84. The van der Waals surface area contributed by atoms with E-state index in [2.05, 4.69) is 10.1 Å². The van der Waals surface area contributed by atoms with Gasteiger partial charge in [-0.3, -0.25) is 9.48 Å². The van der Waals surface area contributed by atoms with Crippen LogP contribution in [0.1, 0.15) is 28.7 Å². The van der Waals surface area contributed by atoms with E-state index in [0.29, 0.717) is 11.3 Å². The zero-order valence-electron chi connectivity index (χ0n) is 8.82. The average molecular weight is 203 g/mol. The van der Waals surface area contributed by atoms with Gasteiger partial charge in [0.05, 0.1) is 17.0 Å². The van der Waals surface area contributed by atoms with Crippen LogP contribution in [0.4, 0.5) is 0 Å². The van der Waals surface area contributed by atoms with Crippen LogP contribution in [-0.2, 0) is 13.5 Å². The van der Waals surface area contributed by atoms with Gasteiger partial charge in [-0.1, -0.05) is 6.92 Å². The van der Waals surface area contributed by atoms with Crippen LogP contribution in [0.5, 0.6) is 0 Å². The molecular weight excluding hydrogens is 190 g/mol. The molecule has 0 amide bonds. The van der Waals surface area contributed by atoms with Crippen LogP contribution >= 0.6 is 0 Å². The largest absolute Gasteiger partial charge is 0.359 e. The van der Waals surface area contributed by atoms with E-state index in [1.165, 1.54) is 0 Å². The number of hydrogen-bond acceptors (Lipinski definition) is 2. The number of nitrogens with one attached hydrogen (secondary N) is 1. The number of ketones is 1. The summed E-state index contributed by atoms with van der Waals surface area (Å²) in [5.41, 5.74) is 2.14. The number of nitrogens with zero attached hydrogens (tertiary/aromatic N) is 2. The molecule has 2 rings (SSSR count). The molecule has 4 heteroatoms. The molecule has 0 unspecified atom stereocenters. The summed E-state index contributed by atoms with van der Waals surface area (Å²) in [7, 11) is 1.82. The third kappa shape index (κ3) is 1.70. The predicted octanol–water partition coefficient (Wildman–Crippen LogP) is 1.54. The number of rotatable bonds is 3. The lowest BCUT2D eigenvalue weighted by molar-refractivity contribution is 0.103. The molecule has 1 N–H and O–H groups in total. The van der Waals surface area contributed by atoms with Gasteiger partial charge < -0.3 is 4.98 Å². The minimum absolute atomic E-state index is 0.00458. The summed E-state index contributed by atoms with van der Waals surface area (Å²) in [5, 5.41) is 4.24. The molecule has 2 aromatic rings. The Morgan fingerprint density at radius 1 is 1.60 bits per heavy atom. The molecule has 15 heavy (non-hydrogen) atoms. The van der Waals surface area contributed by atoms with Crippen molar-refractivity contribution in [3.63, 3.8) is 0 Å². The van der Waals surface area contributed by atoms with Crippen LogP contribution in [0.25, 0.3) is 0 Å². The van der Waals surface area contributed by atoms with E-state index in [4.69, 9.17) is 0 Å². The molecule has 0 radical (unpaired) electrons. The van der Waals surface area contributed by atoms with Crippen molar-refractivity contribution in [3.8, 4) is 0 Å². The second-order valence-electron chi connectivity index (χ2n) is 3.43. The molecule has 0 aliphatic carbocycles. The van der Waals surface area contributed by atoms with Crippen LogP contribution in [0.2, 0.25) is 0 Å². The van der Waals surface area contributed by atoms with Crippen LogP contribution in [0.15, 0.2) is 24.5 Å². The Bertz CT molecular complexity index is 468. The van der Waals surface area contributed by atoms with Gasteiger partial charge in [-0.05, 0) is 18.6 Å². The number of aromatic amines is 1. The maximum Gasteiger partial charge on any atom is 0.212 e. The molecule has 0 aliphatic rings. The summed E-state index contributed by atoms with van der Waals surface area (Å²) < 4.78 is 1.68. The summed E-state index contributed by atoms with van der Waals surface area (Å²) in [6.45, 7) is 1.99. The second-order valence-corrected chi connectivity index (χ2v) is 3.43. The zero-order valence-corrected chi connectivity index (χ0v) is 8.82. The Morgan fingerprint density at radius 3 is 3.00 bits per heavy atom. The van der Waals surface area contributed by atoms with Gasteiger partial charge >= 0.3 is 0 Å². The molecule has 4 nitrogen and oxygen atoms in total. The number of carbonyl (C=O) groups excluding carboxylic acids is 1. The highest BCUT2D eigenvalue weighted by molar-refractivity contribution is 6.08. The van der Waals surface area contributed by atoms with Gasteiger partial charge in [0.1, 0.15) is 0 Å². The van der Waals surface area contributed by atoms with Gasteiger partial charge in [0.2, 0.25) is 5.78 Å². The lowest BCUT2D eigenvalue weighted by atomic mass is 10.1. The highest BCUT2D eigenvalue weighted by atomic mass is 16.1. The molecule has 0 atom stereocenters. The van der Waals surface area contributed by atoms with E-state index < -0.39 is 0 Å². The maximum absolute atomic E-state index is 12.0. The molecule has 2 aromatic heterocycles. The highest BCUT2D eigenvalue weighted by Gasteiger charge is 2.16. The van der Waals surface area contributed by atoms with Crippen molar-refractivity contribution in [2.45, 2.75) is 13.3 Å². The van der Waals surface area contributed by atoms with Gasteiger partial charge in [-0.25, -0.2) is 0 Å². The van der Waals surface area contributed by atoms with Gasteiger partial charge in [0, 0.05) is 19.4 Å². The van der Waals surface area contributed by atoms with Gasteiger partial charge in [0.15, 0.2) is 0 Å². The van der Waals surface area contributed by atoms with Gasteiger partial charge in [0.25, 0.3) is 0 Å². The van der Waals surface area contributed by atoms with Crippen LogP contribution < -0.4 is 0 Å². The lowest BCUT2D eigenvalue weighted by Crippen LogP contribution is -2.03. The molecule has 0 saturated heterocycles. The third-order valence-corrected chi connectivity index (χ3v) is 2.33. The van der Waals surface area contributed by atoms with Crippen molar-refractivity contribution < 1.29 is 4.79 Å². The fourth-order valence-electron chi connectivity index (χ4n) is 1.60. The molecule has 2 heterocycles. The van der Waals surface area contributed by atoms with Crippen molar-refractivity contribution in [1.82, 2.24) is 14.8 Å². The monoisotopic (exact) mass is 203 g/mol. The lowest BCUT2D eigenvalue weighted by Gasteiger charge is -1.96. The Kier molecular flexibility index (Phi) is 2.41. The van der Waals surface area contributed by atoms with E-state index in [1.807, 2.05) is 20.0 Å². The fourth-order valence-corrected chi connectivity index (χ4v) is 1.60. The standard InChI is InChI=1S/C11H13N3O/c1-3-9-8(7-14(2)13-9)11(15)10-5-4-6-12-10/h4-7,12H,3H2,1-2H3. The summed E-state index contributed by atoms with van der Waals surface area (Å²) >= 11 is 0. The van der Waals surface area contributed by atoms with Crippen LogP contribution in [-0.4, -0.2) is 20.5 Å². The summed E-state index contributed by atoms with van der Waals surface area (Å²) in [6, 6.07) is 3.59. The Labute approximate surface area is 87.9 Å². The Morgan fingerprint density at radius 2 is 2.40 bits per heavy atom. The van der Waals surface area contributed by atoms with E-state index in [9.17, 15) is 4.79 Å². The second kappa shape index (κ2) is 3.73. The zero-order chi connectivity index (χ0) is 10.8. The van der Waals surface area contributed by atoms with Crippen molar-refractivity contribution in [1.29, 1.82) is 0 Å². The summed E-state index contributed by atoms with van der Waals surface area (Å²) in [4.78, 5) is 14.9. The molecule has 0 saturated carbocycles. The molecule has 0 spiro atoms. The summed E-state index contributed by atoms with van der Waals surface area (Å²) in [6.07, 6.45) is 4.28. The molecule has 0 aromatic carbocycles. The van der Waals surface area contributed by atoms with E-state index in [0.717, 1.165) is 12.1 Å². The van der Waals surface area contributed by atoms with Crippen molar-refractivity contribution in [2.24, 2.45) is 7.05 Å². The Hall–Kier alpha value is -1.84. The summed E-state index contributed by atoms with van der Waals surface area (Å²) in [5.74, 6) is 0.00458. The molecular formula is C11H13N3O. The molecule has 0 bridgehead atoms. The number of hydrogen-bond donors (Lipinski definition) is 1. The topological polar surface area (TPSA) is 50.7 Å². The molecule has 78 valence electrons. The van der Waals surface area contributed by atoms with Gasteiger partial charge in [-0.15, -0.1) is 0 Å². The smallest absolute Gasteiger partial charge is 0.212 e. The molecule has 0 fully saturated rings. The quantitative estimate of drug-likeness (QED) is 0.769. The first-order valence-electron chi connectivity index (χ1n) is 4.93. The molecule has 0 aliphatic heterocycles. The number of aryl methyl sites for hydroxylation is 2. The van der Waals surface area contributed by atoms with Crippen LogP contribution in [0, 0.1) is 0 Å². The van der Waals surface area contributed by atoms with Crippen molar-refractivity contribution in [2.75, 3.05) is 0 Å². The van der Waals surface area contributed by atoms with E-state index in [-0.39, 0.29) is 5.78 Å². The van der Waals surface area contributed by atoms with E-state index in [1.54, 1.807) is 23.1 Å². The number of carbonyl (C=O) groups is 1. The normalized spacial score (nSPS) is 10.5. The first-order valence-corrected chi connectivity index (χ1v) is 4.93. The van der Waals surface area contributed by atoms with Crippen molar-refractivity contribution >= 4 is 5.78 Å². The minimum atomic E-state index is 0.00458. The predicted molar refractivity (Wildman–Crippen MR) is 56.8 cm³/mol.